The maximum absolute atomic E-state index is 5.30. The summed E-state index contributed by atoms with van der Waals surface area (Å²) in [5.74, 6) is 1.68. The molecule has 0 heterocycles. The molecule has 0 spiro atoms. The normalized spacial score (nSPS) is 11.4. The Labute approximate surface area is 117 Å². The fourth-order valence-electron chi connectivity index (χ4n) is 2.38. The van der Waals surface area contributed by atoms with Crippen molar-refractivity contribution < 1.29 is 9.47 Å². The highest BCUT2D eigenvalue weighted by atomic mass is 16.5. The van der Waals surface area contributed by atoms with Crippen molar-refractivity contribution in [3.05, 3.63) is 23.8 Å². The van der Waals surface area contributed by atoms with E-state index in [1.807, 2.05) is 6.07 Å². The summed E-state index contributed by atoms with van der Waals surface area (Å²) in [5, 5.41) is 3.69. The Bertz CT molecular complexity index is 356. The van der Waals surface area contributed by atoms with Crippen molar-refractivity contribution in [2.24, 2.45) is 0 Å². The van der Waals surface area contributed by atoms with E-state index in [1.54, 1.807) is 14.2 Å². The predicted molar refractivity (Wildman–Crippen MR) is 80.0 cm³/mol. The molecule has 3 nitrogen and oxygen atoms in total. The summed E-state index contributed by atoms with van der Waals surface area (Å²) in [6.07, 6.45) is 3.42. The van der Waals surface area contributed by atoms with Crippen molar-refractivity contribution in [3.63, 3.8) is 0 Å². The molecule has 0 aliphatic rings. The topological polar surface area (TPSA) is 30.5 Å². The minimum atomic E-state index is 0.232. The molecule has 0 aromatic heterocycles. The summed E-state index contributed by atoms with van der Waals surface area (Å²) >= 11 is 0. The Morgan fingerprint density at radius 3 is 1.74 bits per heavy atom. The first-order valence-corrected chi connectivity index (χ1v) is 7.10. The molecule has 1 rings (SSSR count). The first kappa shape index (κ1) is 15.8. The van der Waals surface area contributed by atoms with E-state index < -0.39 is 0 Å². The van der Waals surface area contributed by atoms with E-state index in [-0.39, 0.29) is 5.54 Å². The van der Waals surface area contributed by atoms with Crippen LogP contribution in [0.2, 0.25) is 0 Å². The third-order valence-electron chi connectivity index (χ3n) is 4.11. The van der Waals surface area contributed by atoms with Crippen LogP contribution in [0, 0.1) is 0 Å². The molecule has 3 heteroatoms. The molecule has 108 valence electrons. The minimum Gasteiger partial charge on any atom is -0.497 e. The van der Waals surface area contributed by atoms with Crippen LogP contribution in [0.3, 0.4) is 0 Å². The molecule has 0 aliphatic carbocycles. The molecule has 0 amide bonds. The van der Waals surface area contributed by atoms with Gasteiger partial charge in [0.2, 0.25) is 0 Å². The van der Waals surface area contributed by atoms with Crippen LogP contribution in [0.1, 0.15) is 45.6 Å². The molecule has 19 heavy (non-hydrogen) atoms. The number of benzene rings is 1. The van der Waals surface area contributed by atoms with E-state index in [0.717, 1.165) is 37.3 Å². The van der Waals surface area contributed by atoms with Gasteiger partial charge in [0, 0.05) is 18.2 Å². The summed E-state index contributed by atoms with van der Waals surface area (Å²) < 4.78 is 10.6. The first-order valence-electron chi connectivity index (χ1n) is 7.10. The van der Waals surface area contributed by atoms with Gasteiger partial charge >= 0.3 is 0 Å². The summed E-state index contributed by atoms with van der Waals surface area (Å²) in [4.78, 5) is 0. The van der Waals surface area contributed by atoms with Crippen molar-refractivity contribution in [1.29, 1.82) is 0 Å². The van der Waals surface area contributed by atoms with E-state index in [2.05, 4.69) is 38.2 Å². The molecule has 1 aromatic carbocycles. The van der Waals surface area contributed by atoms with Crippen LogP contribution in [0.15, 0.2) is 18.2 Å². The number of nitrogens with one attached hydrogen (secondary N) is 1. The largest absolute Gasteiger partial charge is 0.497 e. The molecule has 0 saturated heterocycles. The third kappa shape index (κ3) is 4.13. The van der Waals surface area contributed by atoms with Crippen LogP contribution in [-0.4, -0.2) is 19.8 Å². The lowest BCUT2D eigenvalue weighted by atomic mass is 9.89. The lowest BCUT2D eigenvalue weighted by Crippen LogP contribution is -2.43. The van der Waals surface area contributed by atoms with Crippen molar-refractivity contribution in [3.8, 4) is 11.5 Å². The van der Waals surface area contributed by atoms with Gasteiger partial charge in [0.05, 0.1) is 14.2 Å². The number of hydrogen-bond acceptors (Lipinski definition) is 3. The van der Waals surface area contributed by atoms with Gasteiger partial charge in [0.15, 0.2) is 0 Å². The van der Waals surface area contributed by atoms with E-state index in [4.69, 9.17) is 9.47 Å². The van der Waals surface area contributed by atoms with Gasteiger partial charge in [-0.3, -0.25) is 0 Å². The van der Waals surface area contributed by atoms with Crippen molar-refractivity contribution in [2.45, 2.75) is 52.1 Å². The lowest BCUT2D eigenvalue weighted by molar-refractivity contribution is 0.287. The average molecular weight is 265 g/mol. The summed E-state index contributed by atoms with van der Waals surface area (Å²) in [6.45, 7) is 7.56. The molecular weight excluding hydrogens is 238 g/mol. The number of rotatable bonds is 8. The Morgan fingerprint density at radius 1 is 0.895 bits per heavy atom. The second-order valence-corrected chi connectivity index (χ2v) is 4.92. The van der Waals surface area contributed by atoms with E-state index in [9.17, 15) is 0 Å². The predicted octanol–water partition coefficient (Wildman–Crippen LogP) is 3.76. The Hall–Kier alpha value is -1.22. The Morgan fingerprint density at radius 2 is 1.37 bits per heavy atom. The van der Waals surface area contributed by atoms with Gasteiger partial charge in [-0.05, 0) is 37.0 Å². The quantitative estimate of drug-likeness (QED) is 0.776. The fraction of sp³-hybridized carbons (Fsp3) is 0.625. The maximum atomic E-state index is 5.30. The van der Waals surface area contributed by atoms with Crippen LogP contribution in [0.25, 0.3) is 0 Å². The van der Waals surface area contributed by atoms with Gasteiger partial charge in [-0.25, -0.2) is 0 Å². The van der Waals surface area contributed by atoms with Crippen molar-refractivity contribution >= 4 is 0 Å². The molecule has 0 saturated carbocycles. The molecule has 1 aromatic rings. The van der Waals surface area contributed by atoms with Crippen LogP contribution >= 0.6 is 0 Å². The Balaban J connectivity index is 2.81. The second-order valence-electron chi connectivity index (χ2n) is 4.92. The van der Waals surface area contributed by atoms with Crippen LogP contribution < -0.4 is 14.8 Å². The highest BCUT2D eigenvalue weighted by Crippen LogP contribution is 2.24. The number of methoxy groups -OCH3 is 2. The summed E-state index contributed by atoms with van der Waals surface area (Å²) in [6, 6.07) is 6.01. The van der Waals surface area contributed by atoms with E-state index in [0.29, 0.717) is 0 Å². The zero-order valence-corrected chi connectivity index (χ0v) is 12.9. The standard InChI is InChI=1S/C16H27NO2/c1-6-16(7-2,8-3)17-12-13-9-14(18-4)11-15(10-13)19-5/h9-11,17H,6-8,12H2,1-5H3. The van der Waals surface area contributed by atoms with Gasteiger partial charge in [0.1, 0.15) is 11.5 Å². The molecule has 0 fully saturated rings. The third-order valence-corrected chi connectivity index (χ3v) is 4.11. The highest BCUT2D eigenvalue weighted by molar-refractivity contribution is 5.38. The molecular formula is C16H27NO2. The van der Waals surface area contributed by atoms with Crippen LogP contribution in [-0.2, 0) is 6.54 Å². The van der Waals surface area contributed by atoms with Gasteiger partial charge in [-0.2, -0.15) is 0 Å². The molecule has 0 bridgehead atoms. The molecule has 0 radical (unpaired) electrons. The first-order chi connectivity index (χ1) is 9.12. The Kier molecular flexibility index (Phi) is 6.16. The molecule has 0 aliphatic heterocycles. The zero-order valence-electron chi connectivity index (χ0n) is 12.9. The zero-order chi connectivity index (χ0) is 14.3. The monoisotopic (exact) mass is 265 g/mol. The summed E-state index contributed by atoms with van der Waals surface area (Å²) in [5.41, 5.74) is 1.42. The average Bonchev–Trinajstić information content (AvgIpc) is 2.48. The fourth-order valence-corrected chi connectivity index (χ4v) is 2.38. The molecule has 0 unspecified atom stereocenters. The highest BCUT2D eigenvalue weighted by Gasteiger charge is 2.22. The van der Waals surface area contributed by atoms with Crippen LogP contribution in [0.4, 0.5) is 0 Å². The van der Waals surface area contributed by atoms with Gasteiger partial charge in [0.25, 0.3) is 0 Å². The van der Waals surface area contributed by atoms with Crippen molar-refractivity contribution in [1.82, 2.24) is 5.32 Å². The van der Waals surface area contributed by atoms with E-state index >= 15 is 0 Å². The minimum absolute atomic E-state index is 0.232. The SMILES string of the molecule is CCC(CC)(CC)NCc1cc(OC)cc(OC)c1. The van der Waals surface area contributed by atoms with Crippen molar-refractivity contribution in [2.75, 3.05) is 14.2 Å². The van der Waals surface area contributed by atoms with Gasteiger partial charge in [-0.15, -0.1) is 0 Å². The van der Waals surface area contributed by atoms with Crippen LogP contribution in [0.5, 0.6) is 11.5 Å². The maximum Gasteiger partial charge on any atom is 0.122 e. The number of hydrogen-bond donors (Lipinski definition) is 1. The smallest absolute Gasteiger partial charge is 0.122 e. The van der Waals surface area contributed by atoms with Gasteiger partial charge < -0.3 is 14.8 Å². The molecule has 1 N–H and O–H groups in total. The lowest BCUT2D eigenvalue weighted by Gasteiger charge is -2.32. The van der Waals surface area contributed by atoms with E-state index in [1.165, 1.54) is 5.56 Å². The molecule has 0 atom stereocenters. The summed E-state index contributed by atoms with van der Waals surface area (Å²) in [7, 11) is 3.36. The van der Waals surface area contributed by atoms with Gasteiger partial charge in [-0.1, -0.05) is 20.8 Å². The number of ether oxygens (including phenoxy) is 2. The second kappa shape index (κ2) is 7.39.